The summed E-state index contributed by atoms with van der Waals surface area (Å²) >= 11 is 0. The Hall–Kier alpha value is -2.37. The topological polar surface area (TPSA) is 78.9 Å². The molecule has 0 aromatic heterocycles. The van der Waals surface area contributed by atoms with Gasteiger partial charge in [0.05, 0.1) is 13.2 Å². The van der Waals surface area contributed by atoms with Gasteiger partial charge in [-0.3, -0.25) is 0 Å². The van der Waals surface area contributed by atoms with E-state index in [0.717, 1.165) is 43.9 Å². The van der Waals surface area contributed by atoms with Crippen molar-refractivity contribution in [1.29, 1.82) is 0 Å². The van der Waals surface area contributed by atoms with Crippen LogP contribution in [0.3, 0.4) is 0 Å². The first-order valence-corrected chi connectivity index (χ1v) is 14.9. The zero-order valence-corrected chi connectivity index (χ0v) is 26.2. The minimum atomic E-state index is -0.295. The van der Waals surface area contributed by atoms with Gasteiger partial charge in [0.2, 0.25) is 0 Å². The summed E-state index contributed by atoms with van der Waals surface area (Å²) in [6, 6.07) is 0. The van der Waals surface area contributed by atoms with Crippen LogP contribution in [0.25, 0.3) is 0 Å². The maximum Gasteiger partial charge on any atom is 0.333 e. The number of esters is 3. The number of ether oxygens (including phenoxy) is 3. The number of carbonyl (C=O) groups is 3. The standard InChI is InChI=1S/C17H26O2.2C7H12O2.C2H6/c1-4-5-16-6-7-17(19-15(18)12(2)3)10-13(9-16)8-14(16)11-17;2*1-4-5-9-7(8)6(2)3;1-2/h13-14H,2,4-11H2,1,3H3;2*2,4-5H2,1,3H3;1-2H3. The third-order valence-electron chi connectivity index (χ3n) is 7.51. The molecule has 3 fully saturated rings. The van der Waals surface area contributed by atoms with Gasteiger partial charge in [-0.2, -0.15) is 0 Å². The van der Waals surface area contributed by atoms with E-state index < -0.39 is 0 Å². The molecular formula is C33H56O6. The highest BCUT2D eigenvalue weighted by molar-refractivity contribution is 5.87. The van der Waals surface area contributed by atoms with Crippen molar-refractivity contribution in [2.24, 2.45) is 17.3 Å². The van der Waals surface area contributed by atoms with Crippen molar-refractivity contribution in [1.82, 2.24) is 0 Å². The predicted molar refractivity (Wildman–Crippen MR) is 159 cm³/mol. The number of hydrogen-bond donors (Lipinski definition) is 0. The summed E-state index contributed by atoms with van der Waals surface area (Å²) in [6.07, 6.45) is 11.7. The van der Waals surface area contributed by atoms with Gasteiger partial charge in [-0.05, 0) is 95.8 Å². The molecule has 3 bridgehead atoms. The molecule has 0 saturated heterocycles. The molecule has 0 aliphatic heterocycles. The van der Waals surface area contributed by atoms with Crippen molar-refractivity contribution in [3.8, 4) is 0 Å². The van der Waals surface area contributed by atoms with Crippen LogP contribution in [0, 0.1) is 17.3 Å². The van der Waals surface area contributed by atoms with E-state index in [2.05, 4.69) is 26.7 Å². The highest BCUT2D eigenvalue weighted by Gasteiger charge is 2.60. The first-order valence-electron chi connectivity index (χ1n) is 14.9. The highest BCUT2D eigenvalue weighted by Crippen LogP contribution is 2.65. The molecule has 0 spiro atoms. The van der Waals surface area contributed by atoms with Crippen LogP contribution < -0.4 is 0 Å². The molecule has 0 aromatic rings. The molecule has 224 valence electrons. The number of fused-ring (bicyclic) bond motifs is 2. The molecule has 3 rings (SSSR count). The van der Waals surface area contributed by atoms with Crippen molar-refractivity contribution in [3.05, 3.63) is 36.5 Å². The molecule has 4 atom stereocenters. The Morgan fingerprint density at radius 3 is 1.62 bits per heavy atom. The Kier molecular flexibility index (Phi) is 17.0. The molecule has 0 heterocycles. The third-order valence-corrected chi connectivity index (χ3v) is 7.51. The van der Waals surface area contributed by atoms with E-state index in [4.69, 9.17) is 14.2 Å². The highest BCUT2D eigenvalue weighted by atomic mass is 16.6. The average molecular weight is 549 g/mol. The van der Waals surface area contributed by atoms with Crippen molar-refractivity contribution in [2.75, 3.05) is 13.2 Å². The fourth-order valence-corrected chi connectivity index (χ4v) is 5.96. The fraction of sp³-hybridized carbons (Fsp3) is 0.727. The molecule has 3 saturated carbocycles. The number of carbonyl (C=O) groups excluding carboxylic acids is 3. The Morgan fingerprint density at radius 1 is 0.718 bits per heavy atom. The SMILES string of the molecule is C=C(C)C(=O)OC12CCC3(CCC)CC(CC3C1)C2.C=C(C)C(=O)OCCC.C=C(C)C(=O)OCCC.CC. The zero-order chi connectivity index (χ0) is 30.2. The fourth-order valence-electron chi connectivity index (χ4n) is 5.96. The minimum absolute atomic E-state index is 0.142. The average Bonchev–Trinajstić information content (AvgIpc) is 3.08. The van der Waals surface area contributed by atoms with Gasteiger partial charge in [0.15, 0.2) is 0 Å². The second-order valence-corrected chi connectivity index (χ2v) is 11.2. The Bertz CT molecular complexity index is 813. The third kappa shape index (κ3) is 11.7. The maximum absolute atomic E-state index is 11.9. The van der Waals surface area contributed by atoms with Gasteiger partial charge in [0.1, 0.15) is 5.60 Å². The molecule has 0 radical (unpaired) electrons. The lowest BCUT2D eigenvalue weighted by atomic mass is 9.61. The zero-order valence-electron chi connectivity index (χ0n) is 26.2. The van der Waals surface area contributed by atoms with Gasteiger partial charge in [0.25, 0.3) is 0 Å². The number of hydrogen-bond acceptors (Lipinski definition) is 6. The molecule has 0 aromatic carbocycles. The Morgan fingerprint density at radius 2 is 1.21 bits per heavy atom. The van der Waals surface area contributed by atoms with Crippen LogP contribution >= 0.6 is 0 Å². The summed E-state index contributed by atoms with van der Waals surface area (Å²) in [4.78, 5) is 33.1. The molecule has 0 N–H and O–H groups in total. The molecule has 6 heteroatoms. The summed E-state index contributed by atoms with van der Waals surface area (Å²) in [5.41, 5.74) is 1.91. The molecule has 3 aliphatic rings. The monoisotopic (exact) mass is 548 g/mol. The lowest BCUT2D eigenvalue weighted by molar-refractivity contribution is -0.168. The van der Waals surface area contributed by atoms with E-state index in [1.54, 1.807) is 20.8 Å². The summed E-state index contributed by atoms with van der Waals surface area (Å²) in [5.74, 6) is 0.835. The van der Waals surface area contributed by atoms with Crippen LogP contribution in [0.1, 0.15) is 120 Å². The molecule has 0 amide bonds. The summed E-state index contributed by atoms with van der Waals surface area (Å²) in [7, 11) is 0. The van der Waals surface area contributed by atoms with Gasteiger partial charge in [-0.25, -0.2) is 14.4 Å². The quantitative estimate of drug-likeness (QED) is 0.155. The minimum Gasteiger partial charge on any atom is -0.462 e. The first kappa shape index (κ1) is 36.6. The second-order valence-electron chi connectivity index (χ2n) is 11.2. The molecule has 39 heavy (non-hydrogen) atoms. The van der Waals surface area contributed by atoms with E-state index in [9.17, 15) is 14.4 Å². The maximum atomic E-state index is 11.9. The summed E-state index contributed by atoms with van der Waals surface area (Å²) in [5, 5.41) is 0. The van der Waals surface area contributed by atoms with Gasteiger partial charge < -0.3 is 14.2 Å². The van der Waals surface area contributed by atoms with Crippen molar-refractivity contribution in [3.63, 3.8) is 0 Å². The lowest BCUT2D eigenvalue weighted by Gasteiger charge is -2.48. The van der Waals surface area contributed by atoms with Crippen molar-refractivity contribution in [2.45, 2.75) is 125 Å². The second kappa shape index (κ2) is 18.1. The van der Waals surface area contributed by atoms with Crippen LogP contribution in [0.2, 0.25) is 0 Å². The van der Waals surface area contributed by atoms with Crippen LogP contribution in [-0.2, 0) is 28.6 Å². The van der Waals surface area contributed by atoms with Crippen LogP contribution in [0.5, 0.6) is 0 Å². The smallest absolute Gasteiger partial charge is 0.333 e. The van der Waals surface area contributed by atoms with E-state index in [0.29, 0.717) is 35.3 Å². The van der Waals surface area contributed by atoms with Crippen LogP contribution in [-0.4, -0.2) is 36.7 Å². The summed E-state index contributed by atoms with van der Waals surface area (Å²) < 4.78 is 15.3. The van der Waals surface area contributed by atoms with Crippen LogP contribution in [0.15, 0.2) is 36.5 Å². The Labute approximate surface area is 238 Å². The van der Waals surface area contributed by atoms with Gasteiger partial charge in [0, 0.05) is 16.7 Å². The first-order chi connectivity index (χ1) is 18.3. The van der Waals surface area contributed by atoms with Gasteiger partial charge in [-0.15, -0.1) is 0 Å². The number of rotatable bonds is 10. The van der Waals surface area contributed by atoms with Gasteiger partial charge >= 0.3 is 17.9 Å². The van der Waals surface area contributed by atoms with Gasteiger partial charge in [-0.1, -0.05) is 60.8 Å². The summed E-state index contributed by atoms with van der Waals surface area (Å²) in [6.45, 7) is 26.8. The predicted octanol–water partition coefficient (Wildman–Crippen LogP) is 8.30. The molecule has 4 unspecified atom stereocenters. The molecule has 6 nitrogen and oxygen atoms in total. The van der Waals surface area contributed by atoms with E-state index in [1.807, 2.05) is 27.7 Å². The molecular weight excluding hydrogens is 492 g/mol. The van der Waals surface area contributed by atoms with E-state index in [-0.39, 0.29) is 23.5 Å². The van der Waals surface area contributed by atoms with E-state index in [1.165, 1.54) is 32.1 Å². The largest absolute Gasteiger partial charge is 0.462 e. The lowest BCUT2D eigenvalue weighted by Crippen LogP contribution is -2.47. The van der Waals surface area contributed by atoms with E-state index >= 15 is 0 Å². The molecule has 3 aliphatic carbocycles. The van der Waals surface area contributed by atoms with Crippen molar-refractivity contribution >= 4 is 17.9 Å². The van der Waals surface area contributed by atoms with Crippen LogP contribution in [0.4, 0.5) is 0 Å². The van der Waals surface area contributed by atoms with Crippen molar-refractivity contribution < 1.29 is 28.6 Å². The normalized spacial score (nSPS) is 25.2. The Balaban J connectivity index is 0.000000612.